The summed E-state index contributed by atoms with van der Waals surface area (Å²) in [5.74, 6) is 0.445. The number of hydrogen-bond donors (Lipinski definition) is 0. The number of benzene rings is 3. The molecular weight excluding hydrogens is 596 g/mol. The van der Waals surface area contributed by atoms with E-state index >= 15 is 0 Å². The summed E-state index contributed by atoms with van der Waals surface area (Å²) in [7, 11) is 0. The lowest BCUT2D eigenvalue weighted by molar-refractivity contribution is 0.292. The summed E-state index contributed by atoms with van der Waals surface area (Å²) in [6, 6.07) is 24.4. The van der Waals surface area contributed by atoms with E-state index in [1.807, 2.05) is 18.6 Å². The molecule has 1 aromatic heterocycles. The van der Waals surface area contributed by atoms with Crippen LogP contribution in [0.25, 0.3) is 0 Å². The molecule has 4 rings (SSSR count). The number of halogens is 1. The molecule has 0 saturated heterocycles. The molecule has 4 aromatic rings. The summed E-state index contributed by atoms with van der Waals surface area (Å²) in [5.41, 5.74) is 5.54. The van der Waals surface area contributed by atoms with Crippen molar-refractivity contribution in [1.82, 2.24) is 4.57 Å². The molecule has 0 spiro atoms. The van der Waals surface area contributed by atoms with Crippen LogP contribution < -0.4 is 4.74 Å². The van der Waals surface area contributed by atoms with Crippen molar-refractivity contribution >= 4 is 34.9 Å². The summed E-state index contributed by atoms with van der Waals surface area (Å²) in [4.78, 5) is 7.09. The largest absolute Gasteiger partial charge is 0.478 e. The van der Waals surface area contributed by atoms with E-state index in [-0.39, 0.29) is 11.2 Å². The first-order valence-corrected chi connectivity index (χ1v) is 18.4. The molecule has 3 aromatic carbocycles. The number of ether oxygens (including phenoxy) is 1. The second-order valence-electron chi connectivity index (χ2n) is 11.8. The van der Waals surface area contributed by atoms with E-state index in [1.165, 1.54) is 40.2 Å². The monoisotopic (exact) mass is 642 g/mol. The van der Waals surface area contributed by atoms with Gasteiger partial charge in [-0.1, -0.05) is 95.1 Å². The Balaban J connectivity index is 1.91. The van der Waals surface area contributed by atoms with Crippen LogP contribution in [0, 0.1) is 5.82 Å². The van der Waals surface area contributed by atoms with E-state index in [4.69, 9.17) is 9.73 Å². The second kappa shape index (κ2) is 16.9. The SMILES string of the molecule is CCCc1cccc(CCC)c1/N=C(/CCn1cccc1)[C@@H](/C=C/C(C)(C)c1ccccc1)Oc1c(SC)cc(F)cc1SC. The topological polar surface area (TPSA) is 26.5 Å². The molecule has 0 bridgehead atoms. The molecule has 0 saturated carbocycles. The van der Waals surface area contributed by atoms with Gasteiger partial charge in [-0.3, -0.25) is 4.99 Å². The highest BCUT2D eigenvalue weighted by atomic mass is 32.2. The molecule has 1 heterocycles. The zero-order valence-corrected chi connectivity index (χ0v) is 29.2. The van der Waals surface area contributed by atoms with Crippen molar-refractivity contribution in [3.63, 3.8) is 0 Å². The van der Waals surface area contributed by atoms with E-state index < -0.39 is 6.10 Å². The maximum absolute atomic E-state index is 14.6. The minimum absolute atomic E-state index is 0.241. The number of aromatic nitrogens is 1. The highest BCUT2D eigenvalue weighted by molar-refractivity contribution is 7.99. The van der Waals surface area contributed by atoms with Crippen LogP contribution in [0.4, 0.5) is 10.1 Å². The summed E-state index contributed by atoms with van der Waals surface area (Å²) in [6.45, 7) is 9.65. The number of thioether (sulfide) groups is 2. The number of para-hydroxylation sites is 1. The first-order valence-electron chi connectivity index (χ1n) is 15.9. The average molecular weight is 643 g/mol. The molecule has 0 aliphatic rings. The van der Waals surface area contributed by atoms with Crippen LogP contribution in [0.3, 0.4) is 0 Å². The maximum atomic E-state index is 14.6. The summed E-state index contributed by atoms with van der Waals surface area (Å²) in [6.07, 6.45) is 16.8. The van der Waals surface area contributed by atoms with E-state index in [2.05, 4.69) is 111 Å². The summed E-state index contributed by atoms with van der Waals surface area (Å²) >= 11 is 3.00. The Morgan fingerprint density at radius 2 is 1.49 bits per heavy atom. The van der Waals surface area contributed by atoms with Gasteiger partial charge in [0.05, 0.1) is 21.2 Å². The number of rotatable bonds is 16. The number of allylic oxidation sites excluding steroid dienone is 1. The van der Waals surface area contributed by atoms with Gasteiger partial charge in [0.25, 0.3) is 0 Å². The van der Waals surface area contributed by atoms with Crippen molar-refractivity contribution in [1.29, 1.82) is 0 Å². The minimum atomic E-state index is -0.463. The highest BCUT2D eigenvalue weighted by Crippen LogP contribution is 2.39. The molecule has 0 amide bonds. The third kappa shape index (κ3) is 9.40. The van der Waals surface area contributed by atoms with Gasteiger partial charge in [-0.2, -0.15) is 0 Å². The Labute approximate surface area is 278 Å². The fourth-order valence-electron chi connectivity index (χ4n) is 5.50. The molecule has 0 radical (unpaired) electrons. The van der Waals surface area contributed by atoms with Crippen LogP contribution in [0.5, 0.6) is 5.75 Å². The first kappa shape index (κ1) is 34.6. The van der Waals surface area contributed by atoms with Gasteiger partial charge >= 0.3 is 0 Å². The molecule has 0 aliphatic heterocycles. The lowest BCUT2D eigenvalue weighted by Crippen LogP contribution is -2.28. The fraction of sp³-hybridized carbons (Fsp3) is 0.359. The average Bonchev–Trinajstić information content (AvgIpc) is 3.57. The summed E-state index contributed by atoms with van der Waals surface area (Å²) < 4.78 is 23.8. The van der Waals surface area contributed by atoms with Crippen LogP contribution in [0.1, 0.15) is 63.6 Å². The van der Waals surface area contributed by atoms with E-state index in [9.17, 15) is 4.39 Å². The molecule has 0 aliphatic carbocycles. The number of aryl methyl sites for hydroxylation is 3. The smallest absolute Gasteiger partial charge is 0.155 e. The van der Waals surface area contributed by atoms with E-state index in [1.54, 1.807) is 12.1 Å². The Morgan fingerprint density at radius 3 is 2.04 bits per heavy atom. The highest BCUT2D eigenvalue weighted by Gasteiger charge is 2.24. The molecule has 0 unspecified atom stereocenters. The number of aliphatic imine (C=N–C) groups is 1. The van der Waals surface area contributed by atoms with Crippen LogP contribution in [0.2, 0.25) is 0 Å². The standard InChI is InChI=1S/C39H47FN2OS2/c1-7-15-29-17-14-18-30(16-8-2)37(29)41-33(22-26-42-24-12-13-25-42)34(21-23-39(3,4)31-19-10-9-11-20-31)43-38-35(44-5)27-32(40)28-36(38)45-6/h9-14,17-21,23-25,27-28,34H,7-8,15-16,22,26H2,1-6H3/b23-21+,41-33-/t34-/m1/s1. The molecular formula is C39H47FN2OS2. The molecule has 1 atom stereocenters. The van der Waals surface area contributed by atoms with Crippen LogP contribution in [0.15, 0.2) is 112 Å². The Hall–Kier alpha value is -3.22. The molecule has 6 heteroatoms. The summed E-state index contributed by atoms with van der Waals surface area (Å²) in [5, 5.41) is 0. The molecule has 45 heavy (non-hydrogen) atoms. The second-order valence-corrected chi connectivity index (χ2v) is 13.5. The van der Waals surface area contributed by atoms with Gasteiger partial charge in [0.1, 0.15) is 11.6 Å². The Morgan fingerprint density at radius 1 is 0.889 bits per heavy atom. The van der Waals surface area contributed by atoms with Crippen molar-refractivity contribution in [3.8, 4) is 5.75 Å². The number of nitrogens with zero attached hydrogens (tertiary/aromatic N) is 2. The van der Waals surface area contributed by atoms with E-state index in [0.29, 0.717) is 12.2 Å². The lowest BCUT2D eigenvalue weighted by Gasteiger charge is -2.25. The first-order chi connectivity index (χ1) is 21.8. The lowest BCUT2D eigenvalue weighted by atomic mass is 9.84. The van der Waals surface area contributed by atoms with E-state index in [0.717, 1.165) is 53.4 Å². The van der Waals surface area contributed by atoms with Crippen molar-refractivity contribution in [2.24, 2.45) is 4.99 Å². The van der Waals surface area contributed by atoms with Crippen LogP contribution >= 0.6 is 23.5 Å². The van der Waals surface area contributed by atoms with Gasteiger partial charge in [0.15, 0.2) is 6.10 Å². The van der Waals surface area contributed by atoms with Crippen molar-refractivity contribution in [2.45, 2.75) is 87.7 Å². The van der Waals surface area contributed by atoms with Crippen molar-refractivity contribution in [3.05, 3.63) is 120 Å². The predicted octanol–water partition coefficient (Wildman–Crippen LogP) is 11.1. The quantitative estimate of drug-likeness (QED) is 0.0691. The van der Waals surface area contributed by atoms with Gasteiger partial charge in [-0.15, -0.1) is 23.5 Å². The van der Waals surface area contributed by atoms with Crippen molar-refractivity contribution < 1.29 is 9.13 Å². The number of hydrogen-bond acceptors (Lipinski definition) is 4. The Kier molecular flexibility index (Phi) is 13.0. The third-order valence-corrected chi connectivity index (χ3v) is 9.48. The molecule has 0 N–H and O–H groups in total. The van der Waals surface area contributed by atoms with Crippen LogP contribution in [-0.4, -0.2) is 28.9 Å². The zero-order valence-electron chi connectivity index (χ0n) is 27.6. The normalized spacial score (nSPS) is 13.0. The zero-order chi connectivity index (χ0) is 32.2. The van der Waals surface area contributed by atoms with Gasteiger partial charge in [0, 0.05) is 30.8 Å². The van der Waals surface area contributed by atoms with Crippen LogP contribution in [-0.2, 0) is 24.8 Å². The van der Waals surface area contributed by atoms with Gasteiger partial charge < -0.3 is 9.30 Å². The molecule has 3 nitrogen and oxygen atoms in total. The van der Waals surface area contributed by atoms with Gasteiger partial charge in [-0.25, -0.2) is 4.39 Å². The predicted molar refractivity (Wildman–Crippen MR) is 194 cm³/mol. The molecule has 0 fully saturated rings. The fourth-order valence-corrected chi connectivity index (χ4v) is 6.71. The van der Waals surface area contributed by atoms with Gasteiger partial charge in [-0.05, 0) is 72.4 Å². The minimum Gasteiger partial charge on any atom is -0.478 e. The van der Waals surface area contributed by atoms with Gasteiger partial charge in [0.2, 0.25) is 0 Å². The van der Waals surface area contributed by atoms with Crippen molar-refractivity contribution in [2.75, 3.05) is 12.5 Å². The molecule has 238 valence electrons. The Bertz CT molecular complexity index is 1510. The third-order valence-electron chi connectivity index (χ3n) is 7.99. The maximum Gasteiger partial charge on any atom is 0.155 e.